The number of hydrogen-bond donors (Lipinski definition) is 1. The van der Waals surface area contributed by atoms with Gasteiger partial charge in [-0.25, -0.2) is 5.43 Å². The first-order valence-corrected chi connectivity index (χ1v) is 7.41. The van der Waals surface area contributed by atoms with Crippen molar-refractivity contribution in [1.29, 1.82) is 0 Å². The zero-order valence-electron chi connectivity index (χ0n) is 13.1. The number of ether oxygens (including phenoxy) is 1. The average molecular weight is 327 g/mol. The molecule has 0 bridgehead atoms. The molecular weight excluding hydrogens is 310 g/mol. The van der Waals surface area contributed by atoms with Gasteiger partial charge in [-0.2, -0.15) is 5.10 Å². The number of nitro benzene ring substituents is 1. The van der Waals surface area contributed by atoms with Crippen molar-refractivity contribution in [3.63, 3.8) is 0 Å². The Bertz CT molecular complexity index is 742. The van der Waals surface area contributed by atoms with Gasteiger partial charge in [-0.15, -0.1) is 0 Å². The molecule has 124 valence electrons. The van der Waals surface area contributed by atoms with Gasteiger partial charge in [0, 0.05) is 6.07 Å². The van der Waals surface area contributed by atoms with E-state index in [4.69, 9.17) is 4.74 Å². The lowest BCUT2D eigenvalue weighted by molar-refractivity contribution is -0.385. The van der Waals surface area contributed by atoms with Crippen molar-refractivity contribution in [2.24, 2.45) is 5.10 Å². The molecule has 0 spiro atoms. The molecule has 24 heavy (non-hydrogen) atoms. The van der Waals surface area contributed by atoms with Crippen LogP contribution in [0.3, 0.4) is 0 Å². The van der Waals surface area contributed by atoms with Crippen molar-refractivity contribution < 1.29 is 14.5 Å². The van der Waals surface area contributed by atoms with Gasteiger partial charge in [0.1, 0.15) is 11.3 Å². The quantitative estimate of drug-likeness (QED) is 0.480. The third-order valence-electron chi connectivity index (χ3n) is 3.08. The second-order valence-electron chi connectivity index (χ2n) is 4.89. The summed E-state index contributed by atoms with van der Waals surface area (Å²) in [5.74, 6) is 0.124. The van der Waals surface area contributed by atoms with Gasteiger partial charge in [0.25, 0.3) is 11.6 Å². The first-order chi connectivity index (χ1) is 11.6. The Kier molecular flexibility index (Phi) is 6.01. The Balaban J connectivity index is 1.99. The summed E-state index contributed by atoms with van der Waals surface area (Å²) in [5, 5.41) is 14.7. The van der Waals surface area contributed by atoms with Crippen LogP contribution < -0.4 is 10.2 Å². The molecule has 0 saturated carbocycles. The summed E-state index contributed by atoms with van der Waals surface area (Å²) in [6, 6.07) is 12.9. The van der Waals surface area contributed by atoms with E-state index < -0.39 is 10.8 Å². The molecule has 0 aliphatic rings. The van der Waals surface area contributed by atoms with Crippen molar-refractivity contribution in [2.45, 2.75) is 13.3 Å². The van der Waals surface area contributed by atoms with Crippen molar-refractivity contribution in [2.75, 3.05) is 6.61 Å². The highest BCUT2D eigenvalue weighted by Gasteiger charge is 2.18. The van der Waals surface area contributed by atoms with Gasteiger partial charge in [-0.3, -0.25) is 14.9 Å². The Labute approximate surface area is 139 Å². The molecule has 0 atom stereocenters. The SMILES string of the molecule is CCCOc1ccc(/C=N/NC(=O)c2ccccc2[N+](=O)[O-])cc1. The predicted octanol–water partition coefficient (Wildman–Crippen LogP) is 3.15. The summed E-state index contributed by atoms with van der Waals surface area (Å²) >= 11 is 0. The van der Waals surface area contributed by atoms with Gasteiger partial charge in [0.2, 0.25) is 0 Å². The molecule has 0 aromatic heterocycles. The predicted molar refractivity (Wildman–Crippen MR) is 90.4 cm³/mol. The first-order valence-electron chi connectivity index (χ1n) is 7.41. The van der Waals surface area contributed by atoms with Crippen LogP contribution in [0.2, 0.25) is 0 Å². The molecular formula is C17H17N3O4. The highest BCUT2D eigenvalue weighted by Crippen LogP contribution is 2.17. The van der Waals surface area contributed by atoms with Crippen LogP contribution in [0.25, 0.3) is 0 Å². The number of hydrogen-bond acceptors (Lipinski definition) is 5. The molecule has 2 aromatic carbocycles. The van der Waals surface area contributed by atoms with Crippen molar-refractivity contribution >= 4 is 17.8 Å². The maximum Gasteiger partial charge on any atom is 0.282 e. The summed E-state index contributed by atoms with van der Waals surface area (Å²) in [7, 11) is 0. The molecule has 0 heterocycles. The lowest BCUT2D eigenvalue weighted by atomic mass is 10.2. The van der Waals surface area contributed by atoms with Gasteiger partial charge in [0.05, 0.1) is 17.7 Å². The first kappa shape index (κ1) is 17.1. The van der Waals surface area contributed by atoms with Crippen LogP contribution in [0.1, 0.15) is 29.3 Å². The van der Waals surface area contributed by atoms with Gasteiger partial charge in [0.15, 0.2) is 0 Å². The molecule has 7 heteroatoms. The summed E-state index contributed by atoms with van der Waals surface area (Å²) in [6.07, 6.45) is 2.39. The molecule has 0 aliphatic carbocycles. The smallest absolute Gasteiger partial charge is 0.282 e. The Hall–Kier alpha value is -3.22. The lowest BCUT2D eigenvalue weighted by Gasteiger charge is -2.04. The molecule has 0 saturated heterocycles. The van der Waals surface area contributed by atoms with Crippen molar-refractivity contribution in [1.82, 2.24) is 5.43 Å². The van der Waals surface area contributed by atoms with Gasteiger partial charge in [-0.05, 0) is 42.3 Å². The molecule has 7 nitrogen and oxygen atoms in total. The third kappa shape index (κ3) is 4.64. The number of benzene rings is 2. The van der Waals surface area contributed by atoms with Crippen LogP contribution in [0, 0.1) is 10.1 Å². The minimum atomic E-state index is -0.638. The summed E-state index contributed by atoms with van der Waals surface area (Å²) in [4.78, 5) is 22.3. The fourth-order valence-corrected chi connectivity index (χ4v) is 1.92. The van der Waals surface area contributed by atoms with E-state index in [1.807, 2.05) is 6.92 Å². The van der Waals surface area contributed by atoms with Gasteiger partial charge in [-0.1, -0.05) is 19.1 Å². The third-order valence-corrected chi connectivity index (χ3v) is 3.08. The number of rotatable bonds is 7. The van der Waals surface area contributed by atoms with Crippen LogP contribution >= 0.6 is 0 Å². The van der Waals surface area contributed by atoms with Crippen molar-refractivity contribution in [3.05, 3.63) is 69.8 Å². The van der Waals surface area contributed by atoms with E-state index in [-0.39, 0.29) is 11.3 Å². The molecule has 1 amide bonds. The van der Waals surface area contributed by atoms with Crippen LogP contribution in [0.4, 0.5) is 5.69 Å². The standard InChI is InChI=1S/C17H17N3O4/c1-2-11-24-14-9-7-13(8-10-14)12-18-19-17(21)15-5-3-4-6-16(15)20(22)23/h3-10,12H,2,11H2,1H3,(H,19,21)/b18-12+. The molecule has 2 rings (SSSR count). The number of carbonyl (C=O) groups is 1. The van der Waals surface area contributed by atoms with Gasteiger partial charge >= 0.3 is 0 Å². The number of hydrazone groups is 1. The zero-order valence-corrected chi connectivity index (χ0v) is 13.1. The van der Waals surface area contributed by atoms with E-state index in [0.717, 1.165) is 17.7 Å². The largest absolute Gasteiger partial charge is 0.494 e. The molecule has 2 aromatic rings. The van der Waals surface area contributed by atoms with E-state index in [1.165, 1.54) is 24.4 Å². The van der Waals surface area contributed by atoms with Crippen LogP contribution in [-0.2, 0) is 0 Å². The minimum absolute atomic E-state index is 0.0389. The Morgan fingerprint density at radius 1 is 1.25 bits per heavy atom. The van der Waals surface area contributed by atoms with E-state index in [2.05, 4.69) is 10.5 Å². The Morgan fingerprint density at radius 3 is 2.62 bits per heavy atom. The monoisotopic (exact) mass is 327 g/mol. The fraction of sp³-hybridized carbons (Fsp3) is 0.176. The lowest BCUT2D eigenvalue weighted by Crippen LogP contribution is -2.18. The minimum Gasteiger partial charge on any atom is -0.494 e. The van der Waals surface area contributed by atoms with Crippen molar-refractivity contribution in [3.8, 4) is 5.75 Å². The summed E-state index contributed by atoms with van der Waals surface area (Å²) in [5.41, 5.74) is 2.75. The number of nitrogens with zero attached hydrogens (tertiary/aromatic N) is 2. The molecule has 1 N–H and O–H groups in total. The van der Waals surface area contributed by atoms with Gasteiger partial charge < -0.3 is 4.74 Å². The molecule has 0 aliphatic heterocycles. The van der Waals surface area contributed by atoms with Crippen LogP contribution in [0.15, 0.2) is 53.6 Å². The highest BCUT2D eigenvalue weighted by atomic mass is 16.6. The second kappa shape index (κ2) is 8.42. The maximum atomic E-state index is 12.0. The van der Waals surface area contributed by atoms with E-state index in [1.54, 1.807) is 30.3 Å². The number of amides is 1. The maximum absolute atomic E-state index is 12.0. The number of nitrogens with one attached hydrogen (secondary N) is 1. The molecule has 0 unspecified atom stereocenters. The molecule has 0 radical (unpaired) electrons. The summed E-state index contributed by atoms with van der Waals surface area (Å²) in [6.45, 7) is 2.68. The highest BCUT2D eigenvalue weighted by molar-refractivity contribution is 5.98. The normalized spacial score (nSPS) is 10.5. The zero-order chi connectivity index (χ0) is 17.4. The molecule has 0 fully saturated rings. The van der Waals surface area contributed by atoms with E-state index in [9.17, 15) is 14.9 Å². The Morgan fingerprint density at radius 2 is 1.96 bits per heavy atom. The number of nitro groups is 1. The second-order valence-corrected chi connectivity index (χ2v) is 4.89. The van der Waals surface area contributed by atoms with E-state index >= 15 is 0 Å². The van der Waals surface area contributed by atoms with E-state index in [0.29, 0.717) is 6.61 Å². The van der Waals surface area contributed by atoms with Crippen LogP contribution in [-0.4, -0.2) is 23.7 Å². The summed E-state index contributed by atoms with van der Waals surface area (Å²) < 4.78 is 5.47. The topological polar surface area (TPSA) is 93.8 Å². The van der Waals surface area contributed by atoms with Crippen LogP contribution in [0.5, 0.6) is 5.75 Å². The fourth-order valence-electron chi connectivity index (χ4n) is 1.92. The number of carbonyl (C=O) groups excluding carboxylic acids is 1. The number of para-hydroxylation sites is 1. The average Bonchev–Trinajstić information content (AvgIpc) is 2.61.